The summed E-state index contributed by atoms with van der Waals surface area (Å²) in [7, 11) is 3.64. The van der Waals surface area contributed by atoms with Gasteiger partial charge in [0.2, 0.25) is 5.91 Å². The number of nitrogens with two attached hydrogens (primary N) is 1. The number of ether oxygens (including phenoxy) is 1. The molecule has 1 aromatic rings. The molecule has 0 aliphatic carbocycles. The number of amides is 1. The average Bonchev–Trinajstić information content (AvgIpc) is 2.17. The van der Waals surface area contributed by atoms with Gasteiger partial charge in [-0.05, 0) is 38.7 Å². The Labute approximate surface area is 96.0 Å². The largest absolute Gasteiger partial charge is 0.494 e. The second-order valence-corrected chi connectivity index (χ2v) is 3.77. The number of carbonyl (C=O) groups excluding carboxylic acids is 1. The fourth-order valence-corrected chi connectivity index (χ4v) is 1.66. The van der Waals surface area contributed by atoms with E-state index in [0.29, 0.717) is 6.61 Å². The van der Waals surface area contributed by atoms with Crippen molar-refractivity contribution in [1.82, 2.24) is 4.90 Å². The first-order valence-electron chi connectivity index (χ1n) is 5.24. The highest BCUT2D eigenvalue weighted by atomic mass is 16.5. The molecule has 1 unspecified atom stereocenters. The van der Waals surface area contributed by atoms with E-state index < -0.39 is 6.04 Å². The summed E-state index contributed by atoms with van der Waals surface area (Å²) in [5.74, 6) is 0.395. The molecule has 1 aromatic carbocycles. The van der Waals surface area contributed by atoms with Crippen molar-refractivity contribution in [2.45, 2.75) is 13.0 Å². The van der Waals surface area contributed by atoms with Crippen molar-refractivity contribution in [3.05, 3.63) is 29.8 Å². The summed E-state index contributed by atoms with van der Waals surface area (Å²) >= 11 is 0. The molecule has 0 saturated carbocycles. The van der Waals surface area contributed by atoms with Gasteiger partial charge in [-0.1, -0.05) is 12.1 Å². The van der Waals surface area contributed by atoms with Gasteiger partial charge in [0.15, 0.2) is 0 Å². The third-order valence-corrected chi connectivity index (χ3v) is 2.27. The lowest BCUT2D eigenvalue weighted by atomic mass is 10.1. The number of nitrogens with zero attached hydrogens (tertiary/aromatic N) is 1. The van der Waals surface area contributed by atoms with E-state index >= 15 is 0 Å². The normalized spacial score (nSPS) is 12.5. The highest BCUT2D eigenvalue weighted by Gasteiger charge is 2.20. The van der Waals surface area contributed by atoms with Gasteiger partial charge in [0.1, 0.15) is 11.8 Å². The van der Waals surface area contributed by atoms with E-state index in [9.17, 15) is 4.79 Å². The summed E-state index contributed by atoms with van der Waals surface area (Å²) in [6, 6.07) is 7.03. The Morgan fingerprint density at radius 3 is 2.69 bits per heavy atom. The number of likely N-dealkylation sites (N-methyl/N-ethyl adjacent to an activating group) is 1. The number of hydrogen-bond acceptors (Lipinski definition) is 3. The monoisotopic (exact) mass is 222 g/mol. The van der Waals surface area contributed by atoms with Crippen LogP contribution in [0.15, 0.2) is 24.3 Å². The molecule has 1 amide bonds. The first kappa shape index (κ1) is 12.5. The van der Waals surface area contributed by atoms with Gasteiger partial charge in [0.05, 0.1) is 6.61 Å². The minimum absolute atomic E-state index is 0.362. The Hall–Kier alpha value is -1.55. The van der Waals surface area contributed by atoms with E-state index in [1.54, 1.807) is 4.90 Å². The molecule has 0 saturated heterocycles. The van der Waals surface area contributed by atoms with E-state index in [0.717, 1.165) is 11.3 Å². The van der Waals surface area contributed by atoms with E-state index in [1.165, 1.54) is 0 Å². The fraction of sp³-hybridized carbons (Fsp3) is 0.417. The molecular formula is C12H18N2O2. The first-order valence-corrected chi connectivity index (χ1v) is 5.24. The molecule has 88 valence electrons. The van der Waals surface area contributed by atoms with Crippen molar-refractivity contribution in [2.24, 2.45) is 5.73 Å². The summed E-state index contributed by atoms with van der Waals surface area (Å²) in [5.41, 5.74) is 6.22. The highest BCUT2D eigenvalue weighted by molar-refractivity contribution is 5.81. The molecule has 0 spiro atoms. The quantitative estimate of drug-likeness (QED) is 0.813. The molecular weight excluding hydrogens is 204 g/mol. The van der Waals surface area contributed by atoms with Crippen LogP contribution in [0.1, 0.15) is 18.5 Å². The maximum atomic E-state index is 11.4. The lowest BCUT2D eigenvalue weighted by Gasteiger charge is -2.21. The van der Waals surface area contributed by atoms with Crippen LogP contribution in [0.2, 0.25) is 0 Å². The average molecular weight is 222 g/mol. The Morgan fingerprint density at radius 2 is 2.19 bits per heavy atom. The van der Waals surface area contributed by atoms with Crippen LogP contribution in [0, 0.1) is 0 Å². The Morgan fingerprint density at radius 1 is 1.50 bits per heavy atom. The van der Waals surface area contributed by atoms with E-state index in [4.69, 9.17) is 10.5 Å². The van der Waals surface area contributed by atoms with Gasteiger partial charge < -0.3 is 10.5 Å². The summed E-state index contributed by atoms with van der Waals surface area (Å²) in [5, 5.41) is 0. The molecule has 0 heterocycles. The van der Waals surface area contributed by atoms with E-state index in [-0.39, 0.29) is 5.91 Å². The molecule has 16 heavy (non-hydrogen) atoms. The Balaban J connectivity index is 3.00. The minimum Gasteiger partial charge on any atom is -0.494 e. The van der Waals surface area contributed by atoms with Crippen molar-refractivity contribution >= 4 is 5.91 Å². The van der Waals surface area contributed by atoms with Crippen LogP contribution in [0.5, 0.6) is 5.75 Å². The molecule has 0 fully saturated rings. The van der Waals surface area contributed by atoms with Gasteiger partial charge >= 0.3 is 0 Å². The fourth-order valence-electron chi connectivity index (χ4n) is 1.66. The predicted octanol–water partition coefficient (Wildman–Crippen LogP) is 1.17. The molecule has 0 radical (unpaired) electrons. The zero-order valence-electron chi connectivity index (χ0n) is 9.93. The molecule has 0 bridgehead atoms. The zero-order valence-corrected chi connectivity index (χ0v) is 9.93. The molecule has 4 heteroatoms. The van der Waals surface area contributed by atoms with Crippen LogP contribution >= 0.6 is 0 Å². The van der Waals surface area contributed by atoms with Crippen molar-refractivity contribution in [1.29, 1.82) is 0 Å². The summed E-state index contributed by atoms with van der Waals surface area (Å²) in [6.07, 6.45) is 0. The van der Waals surface area contributed by atoms with Gasteiger partial charge in [-0.15, -0.1) is 0 Å². The van der Waals surface area contributed by atoms with Crippen LogP contribution in [0.3, 0.4) is 0 Å². The number of carbonyl (C=O) groups is 1. The molecule has 1 atom stereocenters. The summed E-state index contributed by atoms with van der Waals surface area (Å²) < 4.78 is 5.39. The smallest absolute Gasteiger partial charge is 0.239 e. The van der Waals surface area contributed by atoms with Crippen LogP contribution in [-0.2, 0) is 4.79 Å². The van der Waals surface area contributed by atoms with Gasteiger partial charge in [-0.25, -0.2) is 0 Å². The number of benzene rings is 1. The standard InChI is InChI=1S/C12H18N2O2/c1-4-16-10-7-5-6-9(8-10)11(12(13)15)14(2)3/h5-8,11H,4H2,1-3H3,(H2,13,15). The SMILES string of the molecule is CCOc1cccc(C(C(N)=O)N(C)C)c1. The maximum absolute atomic E-state index is 11.4. The number of hydrogen-bond donors (Lipinski definition) is 1. The lowest BCUT2D eigenvalue weighted by molar-refractivity contribution is -0.122. The van der Waals surface area contributed by atoms with E-state index in [1.807, 2.05) is 45.3 Å². The predicted molar refractivity (Wildman–Crippen MR) is 63.2 cm³/mol. The summed E-state index contributed by atoms with van der Waals surface area (Å²) in [4.78, 5) is 13.1. The molecule has 2 N–H and O–H groups in total. The van der Waals surface area contributed by atoms with Crippen molar-refractivity contribution < 1.29 is 9.53 Å². The van der Waals surface area contributed by atoms with Crippen LogP contribution in [0.4, 0.5) is 0 Å². The maximum Gasteiger partial charge on any atom is 0.239 e. The number of rotatable bonds is 5. The Bertz CT molecular complexity index is 364. The van der Waals surface area contributed by atoms with Gasteiger partial charge in [-0.2, -0.15) is 0 Å². The van der Waals surface area contributed by atoms with E-state index in [2.05, 4.69) is 0 Å². The Kier molecular flexibility index (Phi) is 4.31. The zero-order chi connectivity index (χ0) is 12.1. The minimum atomic E-state index is -0.416. The lowest BCUT2D eigenvalue weighted by Crippen LogP contribution is -2.32. The van der Waals surface area contributed by atoms with Gasteiger partial charge in [-0.3, -0.25) is 9.69 Å². The second-order valence-electron chi connectivity index (χ2n) is 3.77. The molecule has 4 nitrogen and oxygen atoms in total. The second kappa shape index (κ2) is 5.51. The molecule has 1 rings (SSSR count). The van der Waals surface area contributed by atoms with Crippen molar-refractivity contribution in [3.63, 3.8) is 0 Å². The third-order valence-electron chi connectivity index (χ3n) is 2.27. The third kappa shape index (κ3) is 2.97. The van der Waals surface area contributed by atoms with Crippen LogP contribution in [-0.4, -0.2) is 31.5 Å². The highest BCUT2D eigenvalue weighted by Crippen LogP contribution is 2.22. The van der Waals surface area contributed by atoms with Crippen molar-refractivity contribution in [3.8, 4) is 5.75 Å². The molecule has 0 aliphatic heterocycles. The van der Waals surface area contributed by atoms with Crippen LogP contribution in [0.25, 0.3) is 0 Å². The van der Waals surface area contributed by atoms with Gasteiger partial charge in [0.25, 0.3) is 0 Å². The van der Waals surface area contributed by atoms with Crippen LogP contribution < -0.4 is 10.5 Å². The molecule has 0 aromatic heterocycles. The summed E-state index contributed by atoms with van der Waals surface area (Å²) in [6.45, 7) is 2.52. The van der Waals surface area contributed by atoms with Gasteiger partial charge in [0, 0.05) is 0 Å². The molecule has 0 aliphatic rings. The van der Waals surface area contributed by atoms with Crippen molar-refractivity contribution in [2.75, 3.05) is 20.7 Å². The number of primary amides is 1. The topological polar surface area (TPSA) is 55.6 Å². The first-order chi connectivity index (χ1) is 7.56.